The minimum absolute atomic E-state index is 0.301. The SMILES string of the molecule is CCC(C)C1CCC(C)C1C1(C)SC/C=C(/C)CCC(C)(C)C1C(C)S. The molecule has 1 aliphatic carbocycles. The Morgan fingerprint density at radius 1 is 1.23 bits per heavy atom. The molecule has 0 saturated heterocycles. The molecule has 1 fully saturated rings. The first-order chi connectivity index (χ1) is 12.0. The molecule has 26 heavy (non-hydrogen) atoms. The molecule has 0 aromatic heterocycles. The van der Waals surface area contributed by atoms with Crippen molar-refractivity contribution < 1.29 is 0 Å². The lowest BCUT2D eigenvalue weighted by Crippen LogP contribution is -2.53. The van der Waals surface area contributed by atoms with Crippen LogP contribution in [0.15, 0.2) is 11.6 Å². The maximum absolute atomic E-state index is 5.10. The third-order valence-corrected chi connectivity index (χ3v) is 9.78. The van der Waals surface area contributed by atoms with Gasteiger partial charge in [-0.25, -0.2) is 0 Å². The first-order valence-corrected chi connectivity index (χ1v) is 12.5. The summed E-state index contributed by atoms with van der Waals surface area (Å²) in [5, 5.41) is 0.436. The van der Waals surface area contributed by atoms with Gasteiger partial charge in [-0.2, -0.15) is 24.4 Å². The van der Waals surface area contributed by atoms with E-state index in [1.807, 2.05) is 0 Å². The van der Waals surface area contributed by atoms with Gasteiger partial charge in [0.2, 0.25) is 0 Å². The Morgan fingerprint density at radius 2 is 1.88 bits per heavy atom. The van der Waals surface area contributed by atoms with Crippen molar-refractivity contribution in [2.24, 2.45) is 35.0 Å². The quantitative estimate of drug-likeness (QED) is 0.372. The number of thiol groups is 1. The minimum Gasteiger partial charge on any atom is -0.176 e. The zero-order valence-corrected chi connectivity index (χ0v) is 20.4. The summed E-state index contributed by atoms with van der Waals surface area (Å²) in [6.07, 6.45) is 9.21. The summed E-state index contributed by atoms with van der Waals surface area (Å²) in [6, 6.07) is 0. The highest BCUT2D eigenvalue weighted by Gasteiger charge is 2.55. The van der Waals surface area contributed by atoms with Crippen LogP contribution in [-0.2, 0) is 0 Å². The first kappa shape index (κ1) is 22.7. The van der Waals surface area contributed by atoms with Crippen LogP contribution in [0.3, 0.4) is 0 Å². The molecule has 0 spiro atoms. The molecular formula is C24H44S2. The molecular weight excluding hydrogens is 352 g/mol. The van der Waals surface area contributed by atoms with Crippen LogP contribution in [0, 0.1) is 35.0 Å². The van der Waals surface area contributed by atoms with Crippen molar-refractivity contribution in [1.82, 2.24) is 0 Å². The van der Waals surface area contributed by atoms with Crippen LogP contribution < -0.4 is 0 Å². The highest BCUT2D eigenvalue weighted by molar-refractivity contribution is 8.00. The summed E-state index contributed by atoms with van der Waals surface area (Å²) in [5.74, 6) is 5.18. The predicted octanol–water partition coefficient (Wildman–Crippen LogP) is 7.89. The first-order valence-electron chi connectivity index (χ1n) is 11.0. The second kappa shape index (κ2) is 8.85. The Kier molecular flexibility index (Phi) is 7.73. The van der Waals surface area contributed by atoms with E-state index < -0.39 is 0 Å². The smallest absolute Gasteiger partial charge is 0.0212 e. The van der Waals surface area contributed by atoms with Crippen LogP contribution >= 0.6 is 24.4 Å². The van der Waals surface area contributed by atoms with Crippen molar-refractivity contribution in [3.63, 3.8) is 0 Å². The molecule has 7 unspecified atom stereocenters. The molecule has 0 radical (unpaired) electrons. The van der Waals surface area contributed by atoms with Crippen molar-refractivity contribution in [2.75, 3.05) is 5.75 Å². The normalized spacial score (nSPS) is 42.9. The molecule has 0 aromatic carbocycles. The maximum atomic E-state index is 5.10. The van der Waals surface area contributed by atoms with Crippen LogP contribution in [0.4, 0.5) is 0 Å². The number of hydrogen-bond donors (Lipinski definition) is 1. The van der Waals surface area contributed by atoms with Gasteiger partial charge in [-0.05, 0) is 68.1 Å². The highest BCUT2D eigenvalue weighted by atomic mass is 32.2. The molecule has 0 amide bonds. The van der Waals surface area contributed by atoms with E-state index in [2.05, 4.69) is 73.2 Å². The molecule has 0 bridgehead atoms. The molecule has 2 rings (SSSR count). The van der Waals surface area contributed by atoms with E-state index >= 15 is 0 Å². The molecule has 0 N–H and O–H groups in total. The Labute approximate surface area is 174 Å². The summed E-state index contributed by atoms with van der Waals surface area (Å²) in [5.41, 5.74) is 1.91. The fourth-order valence-corrected chi connectivity index (χ4v) is 9.45. The second-order valence-corrected chi connectivity index (χ2v) is 12.7. The Hall–Kier alpha value is 0.440. The largest absolute Gasteiger partial charge is 0.176 e. The van der Waals surface area contributed by atoms with Gasteiger partial charge >= 0.3 is 0 Å². The second-order valence-electron chi connectivity index (χ2n) is 10.4. The molecule has 1 heterocycles. The van der Waals surface area contributed by atoms with Crippen molar-refractivity contribution in [3.8, 4) is 0 Å². The van der Waals surface area contributed by atoms with Gasteiger partial charge in [0, 0.05) is 15.7 Å². The zero-order chi connectivity index (χ0) is 19.7. The summed E-state index contributed by atoms with van der Waals surface area (Å²) >= 11 is 7.37. The predicted molar refractivity (Wildman–Crippen MR) is 124 cm³/mol. The van der Waals surface area contributed by atoms with E-state index in [1.165, 1.54) is 37.9 Å². The van der Waals surface area contributed by atoms with Gasteiger partial charge in [0.05, 0.1) is 0 Å². The zero-order valence-electron chi connectivity index (χ0n) is 18.6. The lowest BCUT2D eigenvalue weighted by atomic mass is 9.60. The Bertz CT molecular complexity index is 492. The maximum Gasteiger partial charge on any atom is 0.0212 e. The van der Waals surface area contributed by atoms with Gasteiger partial charge in [0.15, 0.2) is 0 Å². The molecule has 7 atom stereocenters. The fraction of sp³-hybridized carbons (Fsp3) is 0.917. The van der Waals surface area contributed by atoms with Crippen LogP contribution in [0.1, 0.15) is 87.5 Å². The van der Waals surface area contributed by atoms with Crippen LogP contribution in [-0.4, -0.2) is 15.7 Å². The third kappa shape index (κ3) is 4.53. The monoisotopic (exact) mass is 396 g/mol. The summed E-state index contributed by atoms with van der Waals surface area (Å²) in [6.45, 7) is 19.8. The van der Waals surface area contributed by atoms with Crippen molar-refractivity contribution in [3.05, 3.63) is 11.6 Å². The van der Waals surface area contributed by atoms with Crippen molar-refractivity contribution >= 4 is 24.4 Å². The average molecular weight is 397 g/mol. The minimum atomic E-state index is 0.301. The number of rotatable bonds is 4. The molecule has 2 aliphatic rings. The van der Waals surface area contributed by atoms with Gasteiger partial charge in [-0.1, -0.05) is 66.0 Å². The Morgan fingerprint density at radius 3 is 2.46 bits per heavy atom. The van der Waals surface area contributed by atoms with Gasteiger partial charge in [-0.3, -0.25) is 0 Å². The fourth-order valence-electron chi connectivity index (χ4n) is 6.61. The van der Waals surface area contributed by atoms with Crippen molar-refractivity contribution in [1.29, 1.82) is 0 Å². The highest BCUT2D eigenvalue weighted by Crippen LogP contribution is 2.60. The van der Waals surface area contributed by atoms with Gasteiger partial charge in [0.1, 0.15) is 0 Å². The number of hydrogen-bond acceptors (Lipinski definition) is 2. The van der Waals surface area contributed by atoms with E-state index in [0.717, 1.165) is 23.7 Å². The lowest BCUT2D eigenvalue weighted by Gasteiger charge is -2.54. The summed E-state index contributed by atoms with van der Waals surface area (Å²) in [4.78, 5) is 0. The van der Waals surface area contributed by atoms with E-state index in [4.69, 9.17) is 12.6 Å². The standard InChI is InChI=1S/C24H44S2/c1-9-17(3)20-11-10-18(4)21(20)24(8)22(19(5)25)23(6,7)14-12-16(2)13-15-26-24/h13,17-22,25H,9-12,14-15H2,1-8H3/b16-13-. The average Bonchev–Trinajstić information content (AvgIpc) is 2.94. The van der Waals surface area contributed by atoms with E-state index in [-0.39, 0.29) is 0 Å². The lowest BCUT2D eigenvalue weighted by molar-refractivity contribution is 0.0797. The molecule has 152 valence electrons. The van der Waals surface area contributed by atoms with Gasteiger partial charge in [0.25, 0.3) is 0 Å². The third-order valence-electron chi connectivity index (χ3n) is 8.00. The topological polar surface area (TPSA) is 0 Å². The molecule has 1 aliphatic heterocycles. The van der Waals surface area contributed by atoms with Crippen molar-refractivity contribution in [2.45, 2.75) is 97.5 Å². The number of thioether (sulfide) groups is 1. The van der Waals surface area contributed by atoms with E-state index in [1.54, 1.807) is 5.57 Å². The number of allylic oxidation sites excluding steroid dienone is 1. The summed E-state index contributed by atoms with van der Waals surface area (Å²) < 4.78 is 0.301. The molecule has 0 nitrogen and oxygen atoms in total. The van der Waals surface area contributed by atoms with Crippen LogP contribution in [0.25, 0.3) is 0 Å². The van der Waals surface area contributed by atoms with Crippen LogP contribution in [0.5, 0.6) is 0 Å². The molecule has 0 aromatic rings. The van der Waals surface area contributed by atoms with Crippen LogP contribution in [0.2, 0.25) is 0 Å². The summed E-state index contributed by atoms with van der Waals surface area (Å²) in [7, 11) is 0. The van der Waals surface area contributed by atoms with Gasteiger partial charge < -0.3 is 0 Å². The van der Waals surface area contributed by atoms with E-state index in [9.17, 15) is 0 Å². The molecule has 1 saturated carbocycles. The van der Waals surface area contributed by atoms with E-state index in [0.29, 0.717) is 21.3 Å². The Balaban J connectivity index is 2.52. The molecule has 2 heteroatoms. The van der Waals surface area contributed by atoms with Gasteiger partial charge in [-0.15, -0.1) is 0 Å².